The fourth-order valence-corrected chi connectivity index (χ4v) is 2.62. The Kier molecular flexibility index (Phi) is 7.37. The van der Waals surface area contributed by atoms with Crippen LogP contribution in [-0.4, -0.2) is 23.9 Å². The lowest BCUT2D eigenvalue weighted by atomic mass is 10.3. The van der Waals surface area contributed by atoms with Crippen molar-refractivity contribution in [2.75, 3.05) is 11.9 Å². The van der Waals surface area contributed by atoms with Crippen LogP contribution in [0.1, 0.15) is 12.5 Å². The van der Waals surface area contributed by atoms with E-state index in [1.54, 1.807) is 36.5 Å². The summed E-state index contributed by atoms with van der Waals surface area (Å²) in [5.74, 6) is 1.04. The van der Waals surface area contributed by atoms with E-state index < -0.39 is 12.1 Å². The lowest BCUT2D eigenvalue weighted by Gasteiger charge is -2.14. The van der Waals surface area contributed by atoms with Gasteiger partial charge in [-0.1, -0.05) is 30.3 Å². The predicted molar refractivity (Wildman–Crippen MR) is 114 cm³/mol. The number of nitrogens with two attached hydrogens (primary N) is 1. The summed E-state index contributed by atoms with van der Waals surface area (Å²) in [5.41, 5.74) is 6.57. The molecule has 0 saturated heterocycles. The summed E-state index contributed by atoms with van der Waals surface area (Å²) >= 11 is 0. The molecule has 2 aromatic carbocycles. The molecule has 7 nitrogen and oxygen atoms in total. The van der Waals surface area contributed by atoms with E-state index in [9.17, 15) is 13.2 Å². The van der Waals surface area contributed by atoms with Crippen LogP contribution in [0.15, 0.2) is 71.9 Å². The van der Waals surface area contributed by atoms with E-state index in [1.165, 1.54) is 18.2 Å². The quantitative estimate of drug-likeness (QED) is 0.370. The molecule has 0 bridgehead atoms. The van der Waals surface area contributed by atoms with Crippen LogP contribution in [-0.2, 0) is 6.54 Å². The van der Waals surface area contributed by atoms with Crippen molar-refractivity contribution in [3.63, 3.8) is 0 Å². The third-order valence-electron chi connectivity index (χ3n) is 3.97. The lowest BCUT2D eigenvalue weighted by molar-refractivity contribution is -0.274. The zero-order chi connectivity index (χ0) is 23.0. The standard InChI is InChI=1S/C22H21F3N4O3/c1-2-30-18-9-5-6-10-19(18)31-20-12-11-15(13-27-20)14-28-21(26)29-16-7-3-4-8-17(16)32-22(23,24)25/h3-13H,2,14H2,1H3,(H3,26,28,29). The maximum atomic E-state index is 12.5. The molecule has 0 amide bonds. The summed E-state index contributed by atoms with van der Waals surface area (Å²) in [4.78, 5) is 8.36. The topological polar surface area (TPSA) is 91.0 Å². The summed E-state index contributed by atoms with van der Waals surface area (Å²) < 4.78 is 52.8. The number of ether oxygens (including phenoxy) is 3. The van der Waals surface area contributed by atoms with E-state index in [1.807, 2.05) is 19.1 Å². The Labute approximate surface area is 182 Å². The van der Waals surface area contributed by atoms with Crippen molar-refractivity contribution in [3.05, 3.63) is 72.4 Å². The van der Waals surface area contributed by atoms with Crippen LogP contribution >= 0.6 is 0 Å². The van der Waals surface area contributed by atoms with Crippen molar-refractivity contribution >= 4 is 11.6 Å². The zero-order valence-corrected chi connectivity index (χ0v) is 17.1. The summed E-state index contributed by atoms with van der Waals surface area (Å²) in [5, 5.41) is 2.61. The Morgan fingerprint density at radius 3 is 2.34 bits per heavy atom. The molecule has 0 aliphatic rings. The molecular formula is C22H21F3N4O3. The van der Waals surface area contributed by atoms with Crippen LogP contribution in [0.4, 0.5) is 18.9 Å². The van der Waals surface area contributed by atoms with Gasteiger partial charge in [0.1, 0.15) is 0 Å². The number of aliphatic imine (C=N–C) groups is 1. The van der Waals surface area contributed by atoms with Crippen LogP contribution in [0.5, 0.6) is 23.1 Å². The number of rotatable bonds is 8. The molecule has 3 aromatic rings. The van der Waals surface area contributed by atoms with Gasteiger partial charge in [-0.25, -0.2) is 9.98 Å². The van der Waals surface area contributed by atoms with E-state index >= 15 is 0 Å². The molecule has 0 fully saturated rings. The molecule has 32 heavy (non-hydrogen) atoms. The number of nitrogens with zero attached hydrogens (tertiary/aromatic N) is 2. The van der Waals surface area contributed by atoms with Crippen LogP contribution in [0.2, 0.25) is 0 Å². The molecule has 0 aliphatic heterocycles. The van der Waals surface area contributed by atoms with Crippen molar-refractivity contribution in [2.45, 2.75) is 19.8 Å². The molecule has 3 rings (SSSR count). The highest BCUT2D eigenvalue weighted by molar-refractivity contribution is 5.93. The van der Waals surface area contributed by atoms with E-state index in [-0.39, 0.29) is 18.2 Å². The summed E-state index contributed by atoms with van der Waals surface area (Å²) in [7, 11) is 0. The number of benzene rings is 2. The van der Waals surface area contributed by atoms with Gasteiger partial charge in [0, 0.05) is 12.3 Å². The monoisotopic (exact) mass is 446 g/mol. The molecule has 3 N–H and O–H groups in total. The van der Waals surface area contributed by atoms with E-state index in [4.69, 9.17) is 15.2 Å². The van der Waals surface area contributed by atoms with Crippen molar-refractivity contribution in [1.29, 1.82) is 0 Å². The Balaban J connectivity index is 1.62. The molecule has 0 spiro atoms. The van der Waals surface area contributed by atoms with E-state index in [2.05, 4.69) is 20.0 Å². The average molecular weight is 446 g/mol. The maximum absolute atomic E-state index is 12.5. The Morgan fingerprint density at radius 1 is 1.00 bits per heavy atom. The average Bonchev–Trinajstić information content (AvgIpc) is 2.75. The summed E-state index contributed by atoms with van der Waals surface area (Å²) in [6.07, 6.45) is -3.25. The maximum Gasteiger partial charge on any atom is 0.573 e. The number of anilines is 1. The molecule has 0 atom stereocenters. The number of guanidine groups is 1. The van der Waals surface area contributed by atoms with Gasteiger partial charge in [-0.2, -0.15) is 0 Å². The van der Waals surface area contributed by atoms with Crippen LogP contribution in [0.3, 0.4) is 0 Å². The fraction of sp³-hybridized carbons (Fsp3) is 0.182. The van der Waals surface area contributed by atoms with Crippen molar-refractivity contribution < 1.29 is 27.4 Å². The largest absolute Gasteiger partial charge is 0.573 e. The number of alkyl halides is 3. The highest BCUT2D eigenvalue weighted by atomic mass is 19.4. The van der Waals surface area contributed by atoms with Gasteiger partial charge >= 0.3 is 6.36 Å². The Bertz CT molecular complexity index is 1060. The fourth-order valence-electron chi connectivity index (χ4n) is 2.62. The van der Waals surface area contributed by atoms with Gasteiger partial charge in [-0.05, 0) is 36.8 Å². The first kappa shape index (κ1) is 22.7. The molecule has 0 unspecified atom stereocenters. The van der Waals surface area contributed by atoms with Crippen LogP contribution in [0, 0.1) is 0 Å². The van der Waals surface area contributed by atoms with Gasteiger partial charge in [-0.3, -0.25) is 0 Å². The van der Waals surface area contributed by atoms with Crippen molar-refractivity contribution in [1.82, 2.24) is 4.98 Å². The van der Waals surface area contributed by atoms with Crippen LogP contribution in [0.25, 0.3) is 0 Å². The lowest BCUT2D eigenvalue weighted by Crippen LogP contribution is -2.24. The first-order valence-electron chi connectivity index (χ1n) is 9.60. The summed E-state index contributed by atoms with van der Waals surface area (Å²) in [6.45, 7) is 2.55. The molecule has 168 valence electrons. The highest BCUT2D eigenvalue weighted by Gasteiger charge is 2.32. The Morgan fingerprint density at radius 2 is 1.69 bits per heavy atom. The van der Waals surface area contributed by atoms with Crippen LogP contribution < -0.4 is 25.3 Å². The smallest absolute Gasteiger partial charge is 0.490 e. The van der Waals surface area contributed by atoms with Gasteiger partial charge in [0.05, 0.1) is 18.8 Å². The minimum absolute atomic E-state index is 0.0425. The minimum Gasteiger partial charge on any atom is -0.490 e. The SMILES string of the molecule is CCOc1ccccc1Oc1ccc(CN=C(N)Nc2ccccc2OC(F)(F)F)cn1. The number of hydrogen-bond acceptors (Lipinski definition) is 5. The van der Waals surface area contributed by atoms with E-state index in [0.717, 1.165) is 5.56 Å². The van der Waals surface area contributed by atoms with Gasteiger partial charge in [-0.15, -0.1) is 13.2 Å². The van der Waals surface area contributed by atoms with Crippen molar-refractivity contribution in [3.8, 4) is 23.1 Å². The second-order valence-corrected chi connectivity index (χ2v) is 6.36. The van der Waals surface area contributed by atoms with Gasteiger partial charge in [0.15, 0.2) is 23.2 Å². The minimum atomic E-state index is -4.82. The number of para-hydroxylation sites is 4. The molecule has 0 saturated carbocycles. The third kappa shape index (κ3) is 6.79. The molecular weight excluding hydrogens is 425 g/mol. The third-order valence-corrected chi connectivity index (χ3v) is 3.97. The summed E-state index contributed by atoms with van der Waals surface area (Å²) in [6, 6.07) is 16.2. The second-order valence-electron chi connectivity index (χ2n) is 6.36. The first-order valence-corrected chi connectivity index (χ1v) is 9.60. The van der Waals surface area contributed by atoms with E-state index in [0.29, 0.717) is 24.0 Å². The highest BCUT2D eigenvalue weighted by Crippen LogP contribution is 2.31. The molecule has 10 heteroatoms. The van der Waals surface area contributed by atoms with Crippen molar-refractivity contribution in [2.24, 2.45) is 10.7 Å². The van der Waals surface area contributed by atoms with Gasteiger partial charge < -0.3 is 25.3 Å². The number of pyridine rings is 1. The first-order chi connectivity index (χ1) is 15.3. The molecule has 0 aliphatic carbocycles. The predicted octanol–water partition coefficient (Wildman–Crippen LogP) is 5.10. The second kappa shape index (κ2) is 10.4. The Hall–Kier alpha value is -3.95. The number of aromatic nitrogens is 1. The number of halogens is 3. The van der Waals surface area contributed by atoms with Gasteiger partial charge in [0.2, 0.25) is 5.88 Å². The number of hydrogen-bond donors (Lipinski definition) is 2. The molecule has 1 heterocycles. The van der Waals surface area contributed by atoms with Gasteiger partial charge in [0.25, 0.3) is 0 Å². The number of nitrogens with one attached hydrogen (secondary N) is 1. The molecule has 0 radical (unpaired) electrons. The normalized spacial score (nSPS) is 11.7. The zero-order valence-electron chi connectivity index (χ0n) is 17.1. The molecule has 1 aromatic heterocycles.